The molecule has 1 amide bonds. The van der Waals surface area contributed by atoms with Crippen molar-refractivity contribution in [1.29, 1.82) is 0 Å². The normalized spacial score (nSPS) is 11.2. The molecule has 51 heavy (non-hydrogen) atoms. The summed E-state index contributed by atoms with van der Waals surface area (Å²) in [6.07, 6.45) is 5.66. The van der Waals surface area contributed by atoms with Crippen molar-refractivity contribution in [2.24, 2.45) is 0 Å². The van der Waals surface area contributed by atoms with E-state index in [4.69, 9.17) is 9.11 Å². The largest absolute Gasteiger partial charge is 0.355 e. The second-order valence-electron chi connectivity index (χ2n) is 10.7. The van der Waals surface area contributed by atoms with E-state index in [1.54, 1.807) is 65.6 Å². The lowest BCUT2D eigenvalue weighted by atomic mass is 10.1. The number of imidazole rings is 1. The number of carbonyl (C=O) groups is 1. The van der Waals surface area contributed by atoms with Crippen molar-refractivity contribution in [3.8, 4) is 11.3 Å². The number of nitrogens with zero attached hydrogens (tertiary/aromatic N) is 5. The third-order valence-corrected chi connectivity index (χ3v) is 8.91. The average Bonchev–Trinajstić information content (AvgIpc) is 3.53. The minimum Gasteiger partial charge on any atom is -0.355 e. The lowest BCUT2D eigenvalue weighted by Crippen LogP contribution is -2.19. The van der Waals surface area contributed by atoms with Gasteiger partial charge in [-0.3, -0.25) is 18.9 Å². The number of pyridine rings is 1. The molecule has 0 unspecified atom stereocenters. The number of hydrogen-bond acceptors (Lipinski definition) is 9. The molecule has 0 spiro atoms. The lowest BCUT2D eigenvalue weighted by molar-refractivity contribution is 0.0959. The van der Waals surface area contributed by atoms with Gasteiger partial charge in [0, 0.05) is 30.6 Å². The van der Waals surface area contributed by atoms with Crippen LogP contribution in [-0.4, -0.2) is 63.5 Å². The van der Waals surface area contributed by atoms with Gasteiger partial charge in [0.1, 0.15) is 11.5 Å². The van der Waals surface area contributed by atoms with Crippen molar-refractivity contribution >= 4 is 42.8 Å². The first kappa shape index (κ1) is 36.3. The van der Waals surface area contributed by atoms with Crippen molar-refractivity contribution in [2.45, 2.75) is 16.2 Å². The molecule has 0 atom stereocenters. The summed E-state index contributed by atoms with van der Waals surface area (Å²) in [5, 5.41) is 8.09. The number of carbonyl (C=O) groups excluding carboxylic acids is 1. The average molecular weight is 729 g/mol. The molecule has 3 aromatic heterocycles. The van der Waals surface area contributed by atoms with E-state index >= 15 is 0 Å². The minimum absolute atomic E-state index is 0.0191. The van der Waals surface area contributed by atoms with Crippen LogP contribution in [0.4, 0.5) is 4.39 Å². The Balaban J connectivity index is 0.000000205. The number of amides is 1. The fourth-order valence-corrected chi connectivity index (χ4v) is 5.70. The number of nitrogens with one attached hydrogen (secondary N) is 1. The van der Waals surface area contributed by atoms with E-state index in [1.165, 1.54) is 43.4 Å². The summed E-state index contributed by atoms with van der Waals surface area (Å²) in [6.45, 7) is 0. The first-order valence-corrected chi connectivity index (χ1v) is 17.8. The first-order valence-electron chi connectivity index (χ1n) is 14.9. The number of benzene rings is 4. The Kier molecular flexibility index (Phi) is 11.2. The highest BCUT2D eigenvalue weighted by atomic mass is 32.2. The molecule has 0 aliphatic carbocycles. The second-order valence-corrected chi connectivity index (χ2v) is 13.5. The van der Waals surface area contributed by atoms with Crippen LogP contribution in [0.3, 0.4) is 0 Å². The van der Waals surface area contributed by atoms with E-state index in [0.717, 1.165) is 22.2 Å². The summed E-state index contributed by atoms with van der Waals surface area (Å²) in [5.41, 5.74) is 3.88. The summed E-state index contributed by atoms with van der Waals surface area (Å²) in [5.74, 6) is -0.633. The van der Waals surface area contributed by atoms with Gasteiger partial charge in [-0.05, 0) is 60.2 Å². The van der Waals surface area contributed by atoms with Gasteiger partial charge in [0.15, 0.2) is 0 Å². The maximum atomic E-state index is 14.4. The molecule has 260 valence electrons. The molecule has 7 rings (SSSR count). The highest BCUT2D eigenvalue weighted by molar-refractivity contribution is 7.86. The Morgan fingerprint density at radius 3 is 1.96 bits per heavy atom. The maximum absolute atomic E-state index is 14.4. The molecule has 16 heteroatoms. The van der Waals surface area contributed by atoms with E-state index in [9.17, 15) is 26.0 Å². The Labute approximate surface area is 292 Å². The van der Waals surface area contributed by atoms with Gasteiger partial charge < -0.3 is 5.32 Å². The lowest BCUT2D eigenvalue weighted by Gasteiger charge is -2.07. The molecule has 4 aromatic carbocycles. The third-order valence-electron chi connectivity index (χ3n) is 7.17. The van der Waals surface area contributed by atoms with E-state index in [1.807, 2.05) is 24.3 Å². The summed E-state index contributed by atoms with van der Waals surface area (Å²) < 4.78 is 74.5. The third kappa shape index (κ3) is 9.40. The SMILES string of the molecule is CNC(=O)c1ccc(-c2cnc3ncc(Cc4ccc5ncccc5c4)n3n2)cc1F.O=S(=O)(O)c1ccccc1.O=S(=O)(O)c1ccccc1. The maximum Gasteiger partial charge on any atom is 0.294 e. The molecule has 0 radical (unpaired) electrons. The van der Waals surface area contributed by atoms with Crippen molar-refractivity contribution in [3.63, 3.8) is 0 Å². The Bertz CT molecular complexity index is 2470. The van der Waals surface area contributed by atoms with E-state index in [0.29, 0.717) is 23.5 Å². The van der Waals surface area contributed by atoms with Gasteiger partial charge >= 0.3 is 0 Å². The monoisotopic (exact) mass is 728 g/mol. The van der Waals surface area contributed by atoms with Crippen LogP contribution in [0.25, 0.3) is 27.9 Å². The Hall–Kier alpha value is -5.94. The van der Waals surface area contributed by atoms with Crippen molar-refractivity contribution < 1.29 is 35.1 Å². The van der Waals surface area contributed by atoms with Crippen LogP contribution >= 0.6 is 0 Å². The molecule has 13 nitrogen and oxygen atoms in total. The van der Waals surface area contributed by atoms with Gasteiger partial charge in [0.2, 0.25) is 0 Å². The topological polar surface area (TPSA) is 194 Å². The Morgan fingerprint density at radius 1 is 0.765 bits per heavy atom. The Morgan fingerprint density at radius 2 is 1.39 bits per heavy atom. The van der Waals surface area contributed by atoms with Crippen LogP contribution in [0.5, 0.6) is 0 Å². The highest BCUT2D eigenvalue weighted by Crippen LogP contribution is 2.21. The van der Waals surface area contributed by atoms with Gasteiger partial charge in [-0.15, -0.1) is 0 Å². The molecule has 3 heterocycles. The van der Waals surface area contributed by atoms with Gasteiger partial charge in [-0.25, -0.2) is 18.9 Å². The molecule has 0 aliphatic heterocycles. The predicted molar refractivity (Wildman–Crippen MR) is 187 cm³/mol. The number of halogens is 1. The summed E-state index contributed by atoms with van der Waals surface area (Å²) in [7, 11) is -6.55. The van der Waals surface area contributed by atoms with Crippen molar-refractivity contribution in [3.05, 3.63) is 150 Å². The molecule has 7 aromatic rings. The smallest absolute Gasteiger partial charge is 0.294 e. The van der Waals surface area contributed by atoms with Crippen LogP contribution in [0.15, 0.2) is 138 Å². The number of fused-ring (bicyclic) bond motifs is 2. The highest BCUT2D eigenvalue weighted by Gasteiger charge is 2.14. The molecule has 3 N–H and O–H groups in total. The van der Waals surface area contributed by atoms with Gasteiger partial charge in [-0.2, -0.15) is 21.9 Å². The summed E-state index contributed by atoms with van der Waals surface area (Å²) >= 11 is 0. The fraction of sp³-hybridized carbons (Fsp3) is 0.0571. The second kappa shape index (κ2) is 15.7. The molecular formula is C35H29FN6O7S2. The fourth-order valence-electron chi connectivity index (χ4n) is 4.69. The van der Waals surface area contributed by atoms with Gasteiger partial charge in [-0.1, -0.05) is 54.6 Å². The van der Waals surface area contributed by atoms with Crippen LogP contribution in [0, 0.1) is 5.82 Å². The number of aromatic nitrogens is 5. The molecular weight excluding hydrogens is 700 g/mol. The summed E-state index contributed by atoms with van der Waals surface area (Å²) in [4.78, 5) is 24.6. The zero-order valence-electron chi connectivity index (χ0n) is 26.7. The molecule has 0 aliphatic rings. The van der Waals surface area contributed by atoms with Crippen LogP contribution < -0.4 is 5.32 Å². The van der Waals surface area contributed by atoms with E-state index in [2.05, 4.69) is 31.4 Å². The molecule has 0 fully saturated rings. The van der Waals surface area contributed by atoms with Crippen LogP contribution in [-0.2, 0) is 26.7 Å². The molecule has 0 saturated carbocycles. The standard InChI is InChI=1S/C23H17FN6O.2C6H6O3S/c1-25-22(31)18-6-5-16(11-19(18)24)21-13-28-23-27-12-17(30(23)29-21)10-14-4-7-20-15(9-14)3-2-8-26-20;2*7-10(8,9)6-4-2-1-3-5-6/h2-9,11-13H,10H2,1H3,(H,25,31);2*1-5H,(H,7,8,9). The summed E-state index contributed by atoms with van der Waals surface area (Å²) in [6, 6.07) is 29.3. The zero-order chi connectivity index (χ0) is 36.6. The van der Waals surface area contributed by atoms with Gasteiger partial charge in [0.05, 0.1) is 39.0 Å². The number of hydrogen-bond donors (Lipinski definition) is 3. The van der Waals surface area contributed by atoms with E-state index < -0.39 is 32.0 Å². The first-order chi connectivity index (χ1) is 24.3. The van der Waals surface area contributed by atoms with Crippen molar-refractivity contribution in [2.75, 3.05) is 7.05 Å². The molecule has 0 saturated heterocycles. The zero-order valence-corrected chi connectivity index (χ0v) is 28.3. The molecule has 0 bridgehead atoms. The van der Waals surface area contributed by atoms with Crippen molar-refractivity contribution in [1.82, 2.24) is 29.9 Å². The van der Waals surface area contributed by atoms with Crippen LogP contribution in [0.1, 0.15) is 21.6 Å². The quantitative estimate of drug-likeness (QED) is 0.188. The number of rotatable bonds is 6. The van der Waals surface area contributed by atoms with Gasteiger partial charge in [0.25, 0.3) is 31.9 Å². The van der Waals surface area contributed by atoms with E-state index in [-0.39, 0.29) is 15.4 Å². The predicted octanol–water partition coefficient (Wildman–Crippen LogP) is 5.30. The minimum atomic E-state index is -4.00. The van der Waals surface area contributed by atoms with Crippen LogP contribution in [0.2, 0.25) is 0 Å².